The highest BCUT2D eigenvalue weighted by Gasteiger charge is 2.25. The van der Waals surface area contributed by atoms with Crippen LogP contribution in [0.15, 0.2) is 54.6 Å². The van der Waals surface area contributed by atoms with Crippen LogP contribution in [-0.2, 0) is 4.79 Å². The van der Waals surface area contributed by atoms with Gasteiger partial charge in [-0.2, -0.15) is 0 Å². The molecule has 0 atom stereocenters. The van der Waals surface area contributed by atoms with Crippen molar-refractivity contribution in [3.05, 3.63) is 77.4 Å². The molecule has 0 radical (unpaired) electrons. The van der Waals surface area contributed by atoms with Crippen LogP contribution in [0.25, 0.3) is 22.8 Å². The molecule has 1 aromatic carbocycles. The topological polar surface area (TPSA) is 29.1 Å². The quantitative estimate of drug-likeness (QED) is 0.656. The fourth-order valence-electron chi connectivity index (χ4n) is 2.88. The Hall–Kier alpha value is -3.01. The van der Waals surface area contributed by atoms with E-state index >= 15 is 0 Å². The second-order valence-corrected chi connectivity index (χ2v) is 5.39. The van der Waals surface area contributed by atoms with Crippen molar-refractivity contribution in [3.63, 3.8) is 0 Å². The van der Waals surface area contributed by atoms with Crippen molar-refractivity contribution >= 4 is 23.2 Å². The number of rotatable bonds is 1. The first-order valence-corrected chi connectivity index (χ1v) is 7.14. The highest BCUT2D eigenvalue weighted by molar-refractivity contribution is 6.35. The number of fused-ring (bicyclic) bond motifs is 2. The van der Waals surface area contributed by atoms with Gasteiger partial charge in [-0.25, -0.2) is 8.78 Å². The Morgan fingerprint density at radius 2 is 1.65 bits per heavy atom. The average Bonchev–Trinajstić information content (AvgIpc) is 2.86. The summed E-state index contributed by atoms with van der Waals surface area (Å²) >= 11 is 0. The lowest BCUT2D eigenvalue weighted by Gasteiger charge is -2.00. The molecule has 1 aromatic rings. The molecule has 1 heterocycles. The molecule has 2 aliphatic carbocycles. The molecule has 0 spiro atoms. The summed E-state index contributed by atoms with van der Waals surface area (Å²) in [4.78, 5) is 12.2. The second kappa shape index (κ2) is 5.02. The van der Waals surface area contributed by atoms with E-state index in [0.29, 0.717) is 33.5 Å². The average molecular weight is 307 g/mol. The summed E-state index contributed by atoms with van der Waals surface area (Å²) in [7, 11) is 0. The maximum atomic E-state index is 14.1. The maximum Gasteiger partial charge on any atom is 0.256 e. The molecule has 0 saturated carbocycles. The van der Waals surface area contributed by atoms with Gasteiger partial charge in [0.15, 0.2) is 0 Å². The smallest absolute Gasteiger partial charge is 0.256 e. The number of halogens is 2. The van der Waals surface area contributed by atoms with Gasteiger partial charge in [-0.05, 0) is 41.5 Å². The lowest BCUT2D eigenvalue weighted by atomic mass is 10.0. The molecule has 3 aliphatic rings. The number of hydrogen-bond acceptors (Lipinski definition) is 1. The van der Waals surface area contributed by atoms with Crippen molar-refractivity contribution in [1.29, 1.82) is 0 Å². The van der Waals surface area contributed by atoms with Crippen LogP contribution in [0.4, 0.5) is 14.5 Å². The Balaban J connectivity index is 1.90. The zero-order valence-electron chi connectivity index (χ0n) is 11.9. The number of carbonyl (C=O) groups excluding carboxylic acids is 1. The highest BCUT2D eigenvalue weighted by Crippen LogP contribution is 2.37. The van der Waals surface area contributed by atoms with Crippen LogP contribution < -0.4 is 5.32 Å². The molecular formula is C19H11F2NO. The van der Waals surface area contributed by atoms with Crippen LogP contribution in [0.2, 0.25) is 0 Å². The van der Waals surface area contributed by atoms with Crippen molar-refractivity contribution in [2.24, 2.45) is 0 Å². The van der Waals surface area contributed by atoms with Crippen molar-refractivity contribution in [1.82, 2.24) is 0 Å². The molecule has 0 fully saturated rings. The van der Waals surface area contributed by atoms with Crippen LogP contribution >= 0.6 is 0 Å². The molecule has 2 nitrogen and oxygen atoms in total. The van der Waals surface area contributed by atoms with Crippen molar-refractivity contribution in [2.45, 2.75) is 0 Å². The first kappa shape index (κ1) is 13.6. The van der Waals surface area contributed by atoms with Gasteiger partial charge < -0.3 is 5.32 Å². The van der Waals surface area contributed by atoms with Gasteiger partial charge in [-0.15, -0.1) is 0 Å². The third-order valence-corrected chi connectivity index (χ3v) is 3.95. The first-order chi connectivity index (χ1) is 11.1. The number of nitrogens with one attached hydrogen (secondary N) is 1. The van der Waals surface area contributed by atoms with E-state index in [0.717, 1.165) is 0 Å². The zero-order valence-corrected chi connectivity index (χ0v) is 11.9. The molecule has 1 aliphatic heterocycles. The van der Waals surface area contributed by atoms with Gasteiger partial charge >= 0.3 is 0 Å². The summed E-state index contributed by atoms with van der Waals surface area (Å²) in [5.74, 6) is -1.09. The standard InChI is InChI=1S/C19H11F2NO/c20-12-6-7-18-15(10-12)16(19(23)22-18)8-11-9-17(21)14-5-3-1-2-4-13(11)14/h1-10H,(H,22,23). The van der Waals surface area contributed by atoms with E-state index in [1.54, 1.807) is 24.3 Å². The Morgan fingerprint density at radius 1 is 0.870 bits per heavy atom. The molecule has 4 rings (SSSR count). The molecule has 0 unspecified atom stereocenters. The summed E-state index contributed by atoms with van der Waals surface area (Å²) in [5.41, 5.74) is 3.17. The Labute approximate surface area is 131 Å². The molecule has 4 heteroatoms. The van der Waals surface area contributed by atoms with Gasteiger partial charge in [-0.1, -0.05) is 30.3 Å². The van der Waals surface area contributed by atoms with Crippen molar-refractivity contribution in [3.8, 4) is 11.1 Å². The third kappa shape index (κ3) is 2.19. The van der Waals surface area contributed by atoms with Gasteiger partial charge in [-0.3, -0.25) is 4.79 Å². The molecule has 112 valence electrons. The predicted molar refractivity (Wildman–Crippen MR) is 85.9 cm³/mol. The molecule has 0 bridgehead atoms. The number of anilines is 1. The summed E-state index contributed by atoms with van der Waals surface area (Å²) < 4.78 is 27.6. The Kier molecular flexibility index (Phi) is 2.98. The van der Waals surface area contributed by atoms with Gasteiger partial charge in [0.25, 0.3) is 5.91 Å². The predicted octanol–water partition coefficient (Wildman–Crippen LogP) is 4.56. The Morgan fingerprint density at radius 3 is 2.48 bits per heavy atom. The summed E-state index contributed by atoms with van der Waals surface area (Å²) in [6.45, 7) is 0. The number of amides is 1. The molecule has 0 aromatic heterocycles. The van der Waals surface area contributed by atoms with E-state index < -0.39 is 5.82 Å². The van der Waals surface area contributed by atoms with E-state index in [-0.39, 0.29) is 11.7 Å². The number of benzene rings is 1. The van der Waals surface area contributed by atoms with Gasteiger partial charge in [0.1, 0.15) is 11.6 Å². The lowest BCUT2D eigenvalue weighted by Crippen LogP contribution is -2.03. The molecule has 1 amide bonds. The largest absolute Gasteiger partial charge is 0.321 e. The highest BCUT2D eigenvalue weighted by atomic mass is 19.1. The minimum atomic E-state index is -0.420. The molecular weight excluding hydrogens is 296 g/mol. The van der Waals surface area contributed by atoms with Crippen molar-refractivity contribution in [2.75, 3.05) is 5.32 Å². The van der Waals surface area contributed by atoms with Crippen LogP contribution in [0, 0.1) is 11.6 Å². The van der Waals surface area contributed by atoms with Gasteiger partial charge in [0, 0.05) is 22.4 Å². The maximum absolute atomic E-state index is 14.1. The summed E-state index contributed by atoms with van der Waals surface area (Å²) in [5, 5.41) is 2.69. The molecule has 0 saturated heterocycles. The van der Waals surface area contributed by atoms with Gasteiger partial charge in [0.05, 0.1) is 0 Å². The minimum absolute atomic E-state index is 0.319. The zero-order chi connectivity index (χ0) is 16.0. The summed E-state index contributed by atoms with van der Waals surface area (Å²) in [6.07, 6.45) is 1.60. The normalized spacial score (nSPS) is 15.0. The number of hydrogen-bond donors (Lipinski definition) is 1. The van der Waals surface area contributed by atoms with Crippen LogP contribution in [0.5, 0.6) is 0 Å². The van der Waals surface area contributed by atoms with Gasteiger partial charge in [0.2, 0.25) is 0 Å². The summed E-state index contributed by atoms with van der Waals surface area (Å²) in [6, 6.07) is 14.4. The van der Waals surface area contributed by atoms with E-state index in [4.69, 9.17) is 0 Å². The lowest BCUT2D eigenvalue weighted by molar-refractivity contribution is -0.110. The van der Waals surface area contributed by atoms with E-state index in [1.165, 1.54) is 24.3 Å². The Bertz CT molecular complexity index is 946. The monoisotopic (exact) mass is 307 g/mol. The van der Waals surface area contributed by atoms with Crippen LogP contribution in [-0.4, -0.2) is 5.91 Å². The van der Waals surface area contributed by atoms with Crippen LogP contribution in [0.3, 0.4) is 0 Å². The van der Waals surface area contributed by atoms with E-state index in [9.17, 15) is 13.6 Å². The van der Waals surface area contributed by atoms with E-state index in [1.807, 2.05) is 12.1 Å². The fraction of sp³-hybridized carbons (Fsp3) is 0. The third-order valence-electron chi connectivity index (χ3n) is 3.95. The number of carbonyl (C=O) groups is 1. The first-order valence-electron chi connectivity index (χ1n) is 7.14. The SMILES string of the molecule is O=C1Nc2ccc(F)cc2C1=Cc1cc(F)c2cccccc1-2. The molecule has 23 heavy (non-hydrogen) atoms. The van der Waals surface area contributed by atoms with Crippen molar-refractivity contribution < 1.29 is 13.6 Å². The van der Waals surface area contributed by atoms with Crippen LogP contribution in [0.1, 0.15) is 11.1 Å². The fourth-order valence-corrected chi connectivity index (χ4v) is 2.88. The second-order valence-electron chi connectivity index (χ2n) is 5.39. The minimum Gasteiger partial charge on any atom is -0.321 e. The van der Waals surface area contributed by atoms with E-state index in [2.05, 4.69) is 5.32 Å². The molecule has 1 N–H and O–H groups in total.